The molecule has 4 rings (SSSR count). The molecule has 0 radical (unpaired) electrons. The van der Waals surface area contributed by atoms with Gasteiger partial charge in [0.05, 0.1) is 29.6 Å². The van der Waals surface area contributed by atoms with Crippen molar-refractivity contribution < 1.29 is 38.0 Å². The minimum absolute atomic E-state index is 0.000695. The molecule has 16 heteroatoms. The van der Waals surface area contributed by atoms with Crippen LogP contribution in [0.3, 0.4) is 0 Å². The fraction of sp³-hybridized carbons (Fsp3) is 0.649. The highest BCUT2D eigenvalue weighted by Gasteiger charge is 2.44. The highest BCUT2D eigenvalue weighted by atomic mass is 79.9. The minimum atomic E-state index is -1.32. The molecule has 0 aliphatic heterocycles. The van der Waals surface area contributed by atoms with E-state index >= 15 is 0 Å². The predicted octanol–water partition coefficient (Wildman–Crippen LogP) is 7.05. The van der Waals surface area contributed by atoms with Crippen molar-refractivity contribution in [1.82, 2.24) is 19.6 Å². The number of carbonyl (C=O) groups excluding carboxylic acids is 2. The topological polar surface area (TPSA) is 136 Å². The first-order valence-corrected chi connectivity index (χ1v) is 26.5. The molecule has 1 aliphatic rings. The number of fused-ring (bicyclic) bond motifs is 1. The standard InChI is InChI=1S/C37H58BrN5O8Si2/c1-46-15-16-51-37(32(45)24-50-27-47-2)13-11-28(12-14-37)34-33(38)36(42(25-48-17-19-52(3,4)5)26-49-18-20-53(6,7)8)43-35(41-34)31(22-40-43)29-9-10-30(23-44)39-21-29/h9-10,21-23,28H,11-20,24-27H2,1-8H3. The number of rotatable bonds is 23. The average molecular weight is 837 g/mol. The molecule has 0 N–H and O–H groups in total. The van der Waals surface area contributed by atoms with E-state index < -0.39 is 21.7 Å². The van der Waals surface area contributed by atoms with Crippen molar-refractivity contribution in [3.63, 3.8) is 0 Å². The van der Waals surface area contributed by atoms with Gasteiger partial charge in [-0.3, -0.25) is 14.6 Å². The van der Waals surface area contributed by atoms with Gasteiger partial charge in [-0.1, -0.05) is 45.3 Å². The summed E-state index contributed by atoms with van der Waals surface area (Å²) in [6.07, 6.45) is 6.49. The molecule has 3 aromatic rings. The summed E-state index contributed by atoms with van der Waals surface area (Å²) in [6, 6.07) is 5.62. The summed E-state index contributed by atoms with van der Waals surface area (Å²) in [5.74, 6) is 0.668. The lowest BCUT2D eigenvalue weighted by atomic mass is 9.75. The van der Waals surface area contributed by atoms with E-state index in [1.54, 1.807) is 25.6 Å². The number of aldehydes is 1. The van der Waals surface area contributed by atoms with Crippen LogP contribution in [0.15, 0.2) is 29.0 Å². The fourth-order valence-corrected chi connectivity index (χ4v) is 8.50. The molecule has 0 spiro atoms. The highest BCUT2D eigenvalue weighted by Crippen LogP contribution is 2.45. The van der Waals surface area contributed by atoms with Gasteiger partial charge in [0.1, 0.15) is 38.2 Å². The summed E-state index contributed by atoms with van der Waals surface area (Å²) in [7, 11) is 0.504. The number of carbonyl (C=O) groups is 2. The molecule has 3 aromatic heterocycles. The Morgan fingerprint density at radius 1 is 0.943 bits per heavy atom. The third-order valence-corrected chi connectivity index (χ3v) is 13.6. The van der Waals surface area contributed by atoms with Crippen LogP contribution >= 0.6 is 15.9 Å². The largest absolute Gasteiger partial charge is 0.382 e. The van der Waals surface area contributed by atoms with E-state index in [4.69, 9.17) is 38.5 Å². The highest BCUT2D eigenvalue weighted by molar-refractivity contribution is 9.10. The molecule has 1 saturated carbocycles. The lowest BCUT2D eigenvalue weighted by Gasteiger charge is -2.39. The van der Waals surface area contributed by atoms with Crippen molar-refractivity contribution in [2.24, 2.45) is 0 Å². The molecule has 0 aromatic carbocycles. The van der Waals surface area contributed by atoms with Gasteiger partial charge in [-0.2, -0.15) is 9.61 Å². The number of ketones is 1. The Morgan fingerprint density at radius 3 is 2.15 bits per heavy atom. The second-order valence-electron chi connectivity index (χ2n) is 16.0. The lowest BCUT2D eigenvalue weighted by Crippen LogP contribution is -2.47. The zero-order chi connectivity index (χ0) is 38.6. The van der Waals surface area contributed by atoms with Gasteiger partial charge in [0.15, 0.2) is 23.5 Å². The molecule has 0 atom stereocenters. The second-order valence-corrected chi connectivity index (χ2v) is 28.1. The van der Waals surface area contributed by atoms with Crippen molar-refractivity contribution in [2.75, 3.05) is 72.4 Å². The molecule has 0 bridgehead atoms. The summed E-state index contributed by atoms with van der Waals surface area (Å²) < 4.78 is 37.3. The lowest BCUT2D eigenvalue weighted by molar-refractivity contribution is -0.160. The molecule has 3 heterocycles. The molecule has 0 saturated heterocycles. The van der Waals surface area contributed by atoms with Crippen molar-refractivity contribution in [2.45, 2.75) is 88.6 Å². The molecular formula is C37H58BrN5O8Si2. The van der Waals surface area contributed by atoms with Crippen molar-refractivity contribution >= 4 is 55.6 Å². The molecule has 294 valence electrons. The Morgan fingerprint density at radius 2 is 1.60 bits per heavy atom. The van der Waals surface area contributed by atoms with E-state index in [0.29, 0.717) is 76.9 Å². The van der Waals surface area contributed by atoms with Crippen LogP contribution in [0.4, 0.5) is 5.82 Å². The fourth-order valence-electron chi connectivity index (χ4n) is 6.15. The first kappa shape index (κ1) is 43.3. The first-order valence-electron chi connectivity index (χ1n) is 18.3. The number of Topliss-reactive ketones (excluding diaryl/α,β-unsaturated/α-hetero) is 1. The maximum Gasteiger partial charge on any atom is 0.190 e. The predicted molar refractivity (Wildman–Crippen MR) is 214 cm³/mol. The zero-order valence-corrected chi connectivity index (χ0v) is 36.3. The van der Waals surface area contributed by atoms with E-state index in [1.807, 2.05) is 10.6 Å². The number of anilines is 1. The number of halogens is 1. The monoisotopic (exact) mass is 835 g/mol. The van der Waals surface area contributed by atoms with Gasteiger partial charge in [0, 0.05) is 66.8 Å². The SMILES string of the molecule is COCCOC1(C(=O)COCOC)CCC(c2nc3c(-c4ccc(C=O)nc4)cnn3c(N(COCC[Si](C)(C)C)COCC[Si](C)(C)C)c2Br)CC1. The molecule has 53 heavy (non-hydrogen) atoms. The maximum absolute atomic E-state index is 13.6. The van der Waals surface area contributed by atoms with Crippen LogP contribution in [-0.2, 0) is 33.2 Å². The summed E-state index contributed by atoms with van der Waals surface area (Å²) in [6.45, 7) is 16.6. The molecule has 1 fully saturated rings. The number of nitrogens with zero attached hydrogens (tertiary/aromatic N) is 5. The average Bonchev–Trinajstić information content (AvgIpc) is 3.54. The maximum atomic E-state index is 13.6. The second kappa shape index (κ2) is 20.0. The van der Waals surface area contributed by atoms with Gasteiger partial charge in [0.25, 0.3) is 0 Å². The van der Waals surface area contributed by atoms with Gasteiger partial charge < -0.3 is 33.3 Å². The van der Waals surface area contributed by atoms with Crippen LogP contribution in [0.1, 0.15) is 47.8 Å². The summed E-state index contributed by atoms with van der Waals surface area (Å²) in [4.78, 5) is 36.6. The Hall–Kier alpha value is -2.42. The molecular weight excluding hydrogens is 779 g/mol. The van der Waals surface area contributed by atoms with E-state index in [0.717, 1.165) is 45.5 Å². The van der Waals surface area contributed by atoms with Crippen molar-refractivity contribution in [3.8, 4) is 11.1 Å². The third kappa shape index (κ3) is 12.3. The molecule has 13 nitrogen and oxygen atoms in total. The summed E-state index contributed by atoms with van der Waals surface area (Å²) in [5, 5.41) is 4.85. The van der Waals surface area contributed by atoms with Gasteiger partial charge in [0.2, 0.25) is 0 Å². The number of ether oxygens (including phenoxy) is 6. The smallest absolute Gasteiger partial charge is 0.190 e. The number of hydrogen-bond donors (Lipinski definition) is 0. The van der Waals surface area contributed by atoms with Crippen LogP contribution in [0.25, 0.3) is 16.8 Å². The summed E-state index contributed by atoms with van der Waals surface area (Å²) >= 11 is 3.99. The Bertz CT molecular complexity index is 1600. The van der Waals surface area contributed by atoms with E-state index in [1.165, 1.54) is 7.11 Å². The van der Waals surface area contributed by atoms with Gasteiger partial charge >= 0.3 is 0 Å². The quantitative estimate of drug-likeness (QED) is 0.0420. The van der Waals surface area contributed by atoms with Crippen molar-refractivity contribution in [3.05, 3.63) is 40.4 Å². The number of aromatic nitrogens is 4. The number of methoxy groups -OCH3 is 2. The van der Waals surface area contributed by atoms with Crippen LogP contribution in [0.5, 0.6) is 0 Å². The van der Waals surface area contributed by atoms with E-state index in [-0.39, 0.29) is 25.1 Å². The Kier molecular flexibility index (Phi) is 16.3. The van der Waals surface area contributed by atoms with Crippen LogP contribution in [0, 0.1) is 0 Å². The van der Waals surface area contributed by atoms with Crippen LogP contribution in [0.2, 0.25) is 51.4 Å². The third-order valence-electron chi connectivity index (χ3n) is 9.39. The first-order chi connectivity index (χ1) is 25.2. The van der Waals surface area contributed by atoms with Gasteiger partial charge in [-0.05, 0) is 59.8 Å². The minimum Gasteiger partial charge on any atom is -0.382 e. The molecule has 1 aliphatic carbocycles. The van der Waals surface area contributed by atoms with Crippen LogP contribution in [-0.4, -0.2) is 121 Å². The zero-order valence-electron chi connectivity index (χ0n) is 32.7. The molecule has 0 unspecified atom stereocenters. The molecule has 0 amide bonds. The van der Waals surface area contributed by atoms with E-state index in [2.05, 4.69) is 65.1 Å². The number of pyridine rings is 1. The van der Waals surface area contributed by atoms with Crippen molar-refractivity contribution in [1.29, 1.82) is 0 Å². The van der Waals surface area contributed by atoms with Gasteiger partial charge in [-0.25, -0.2) is 4.98 Å². The normalized spacial score (nSPS) is 18.1. The Balaban J connectivity index is 1.76. The summed E-state index contributed by atoms with van der Waals surface area (Å²) in [5.41, 5.74) is 2.43. The van der Waals surface area contributed by atoms with E-state index in [9.17, 15) is 9.59 Å². The number of hydrogen-bond acceptors (Lipinski definition) is 12. The van der Waals surface area contributed by atoms with Crippen LogP contribution < -0.4 is 4.90 Å². The Labute approximate surface area is 324 Å². The van der Waals surface area contributed by atoms with Gasteiger partial charge in [-0.15, -0.1) is 0 Å².